The van der Waals surface area contributed by atoms with Gasteiger partial charge in [-0.15, -0.1) is 5.10 Å². The Balaban J connectivity index is 1.69. The molecule has 0 aliphatic heterocycles. The van der Waals surface area contributed by atoms with Crippen LogP contribution in [0, 0.1) is 0 Å². The van der Waals surface area contributed by atoms with Gasteiger partial charge in [-0.2, -0.15) is 0 Å². The summed E-state index contributed by atoms with van der Waals surface area (Å²) < 4.78 is 3.16. The number of aryl methyl sites for hydroxylation is 1. The first-order chi connectivity index (χ1) is 10.1. The lowest BCUT2D eigenvalue weighted by atomic mass is 10.5. The second kappa shape index (κ2) is 6.50. The topological polar surface area (TPSA) is 127 Å². The minimum absolute atomic E-state index is 0.130. The van der Waals surface area contributed by atoms with Crippen molar-refractivity contribution in [1.82, 2.24) is 35.2 Å². The van der Waals surface area contributed by atoms with E-state index in [1.54, 1.807) is 12.4 Å². The molecule has 0 spiro atoms. The monoisotopic (exact) mass is 293 g/mol. The molecule has 0 aliphatic rings. The fourth-order valence-corrected chi connectivity index (χ4v) is 1.58. The van der Waals surface area contributed by atoms with E-state index >= 15 is 0 Å². The zero-order chi connectivity index (χ0) is 15.2. The Hall–Kier alpha value is -2.91. The number of rotatable bonds is 6. The highest BCUT2D eigenvalue weighted by molar-refractivity contribution is 5.84. The van der Waals surface area contributed by atoms with Gasteiger partial charge in [-0.25, -0.2) is 19.3 Å². The summed E-state index contributed by atoms with van der Waals surface area (Å²) in [6.07, 6.45) is 4.75. The van der Waals surface area contributed by atoms with Crippen LogP contribution in [0.5, 0.6) is 0 Å². The molecule has 2 heterocycles. The first-order valence-corrected chi connectivity index (χ1v) is 6.17. The zero-order valence-electron chi connectivity index (χ0n) is 11.4. The summed E-state index contributed by atoms with van der Waals surface area (Å²) in [6.45, 7) is 0.951. The third kappa shape index (κ3) is 4.03. The van der Waals surface area contributed by atoms with Crippen molar-refractivity contribution in [1.29, 1.82) is 0 Å². The van der Waals surface area contributed by atoms with Gasteiger partial charge in [-0.3, -0.25) is 0 Å². The van der Waals surface area contributed by atoms with E-state index in [2.05, 4.69) is 25.9 Å². The molecular weight excluding hydrogens is 278 g/mol. The number of nitrogens with zero attached hydrogens (tertiary/aromatic N) is 5. The van der Waals surface area contributed by atoms with Crippen molar-refractivity contribution in [2.45, 2.75) is 13.1 Å². The first kappa shape index (κ1) is 14.5. The lowest BCUT2D eigenvalue weighted by Gasteiger charge is -2.07. The molecule has 0 aromatic carbocycles. The smallest absolute Gasteiger partial charge is 0.358 e. The SMILES string of the molecule is Cn1ccnc1CNC(=O)NCCn1cc(C(=O)O)nn1. The van der Waals surface area contributed by atoms with Crippen LogP contribution in [0.4, 0.5) is 4.79 Å². The Labute approximate surface area is 119 Å². The lowest BCUT2D eigenvalue weighted by molar-refractivity contribution is 0.0690. The lowest BCUT2D eigenvalue weighted by Crippen LogP contribution is -2.37. The van der Waals surface area contributed by atoms with Gasteiger partial charge < -0.3 is 20.3 Å². The zero-order valence-corrected chi connectivity index (χ0v) is 11.4. The molecule has 0 bridgehead atoms. The highest BCUT2D eigenvalue weighted by Crippen LogP contribution is 1.93. The van der Waals surface area contributed by atoms with Crippen LogP contribution >= 0.6 is 0 Å². The Bertz CT molecular complexity index is 633. The van der Waals surface area contributed by atoms with Crippen molar-refractivity contribution < 1.29 is 14.7 Å². The number of carbonyl (C=O) groups is 2. The van der Waals surface area contributed by atoms with Crippen LogP contribution in [0.2, 0.25) is 0 Å². The number of carboxylic acid groups (broad SMARTS) is 1. The Morgan fingerprint density at radius 3 is 2.81 bits per heavy atom. The number of amides is 2. The van der Waals surface area contributed by atoms with Crippen LogP contribution in [0.15, 0.2) is 18.6 Å². The first-order valence-electron chi connectivity index (χ1n) is 6.17. The van der Waals surface area contributed by atoms with Gasteiger partial charge in [-0.1, -0.05) is 5.21 Å². The van der Waals surface area contributed by atoms with Gasteiger partial charge in [0.15, 0.2) is 5.69 Å². The van der Waals surface area contributed by atoms with Crippen molar-refractivity contribution in [2.24, 2.45) is 7.05 Å². The van der Waals surface area contributed by atoms with Gasteiger partial charge in [0.2, 0.25) is 0 Å². The highest BCUT2D eigenvalue weighted by Gasteiger charge is 2.08. The van der Waals surface area contributed by atoms with E-state index in [1.165, 1.54) is 10.9 Å². The molecule has 0 fully saturated rings. The summed E-state index contributed by atoms with van der Waals surface area (Å²) >= 11 is 0. The molecule has 2 aromatic heterocycles. The van der Waals surface area contributed by atoms with Crippen LogP contribution in [0.1, 0.15) is 16.3 Å². The van der Waals surface area contributed by atoms with Gasteiger partial charge in [0.25, 0.3) is 0 Å². The molecule has 0 saturated heterocycles. The Morgan fingerprint density at radius 2 is 2.19 bits per heavy atom. The van der Waals surface area contributed by atoms with Crippen LogP contribution in [0.25, 0.3) is 0 Å². The van der Waals surface area contributed by atoms with E-state index in [-0.39, 0.29) is 11.7 Å². The number of aromatic carboxylic acids is 1. The van der Waals surface area contributed by atoms with Gasteiger partial charge >= 0.3 is 12.0 Å². The van der Waals surface area contributed by atoms with E-state index < -0.39 is 5.97 Å². The predicted octanol–water partition coefficient (Wildman–Crippen LogP) is -0.791. The number of hydrogen-bond acceptors (Lipinski definition) is 5. The van der Waals surface area contributed by atoms with Crippen LogP contribution in [-0.2, 0) is 20.1 Å². The maximum absolute atomic E-state index is 11.6. The highest BCUT2D eigenvalue weighted by atomic mass is 16.4. The molecule has 10 heteroatoms. The molecule has 0 atom stereocenters. The molecule has 10 nitrogen and oxygen atoms in total. The molecule has 2 amide bonds. The quantitative estimate of drug-likeness (QED) is 0.640. The molecule has 2 aromatic rings. The summed E-state index contributed by atoms with van der Waals surface area (Å²) in [7, 11) is 1.84. The number of imidazole rings is 1. The number of aromatic nitrogens is 5. The number of carbonyl (C=O) groups excluding carboxylic acids is 1. The van der Waals surface area contributed by atoms with Gasteiger partial charge in [0.1, 0.15) is 5.82 Å². The van der Waals surface area contributed by atoms with E-state index in [1.807, 2.05) is 11.6 Å². The fourth-order valence-electron chi connectivity index (χ4n) is 1.58. The summed E-state index contributed by atoms with van der Waals surface area (Å²) in [5.74, 6) is -0.394. The van der Waals surface area contributed by atoms with Crippen molar-refractivity contribution in [3.63, 3.8) is 0 Å². The fraction of sp³-hybridized carbons (Fsp3) is 0.364. The van der Waals surface area contributed by atoms with E-state index in [0.717, 1.165) is 5.82 Å². The average molecular weight is 293 g/mol. The van der Waals surface area contributed by atoms with Crippen molar-refractivity contribution >= 4 is 12.0 Å². The van der Waals surface area contributed by atoms with E-state index in [9.17, 15) is 9.59 Å². The normalized spacial score (nSPS) is 10.3. The van der Waals surface area contributed by atoms with E-state index in [0.29, 0.717) is 19.6 Å². The van der Waals surface area contributed by atoms with Crippen molar-refractivity contribution in [3.05, 3.63) is 30.1 Å². The van der Waals surface area contributed by atoms with E-state index in [4.69, 9.17) is 5.11 Å². The maximum Gasteiger partial charge on any atom is 0.358 e. The Kier molecular flexibility index (Phi) is 4.49. The van der Waals surface area contributed by atoms with Crippen LogP contribution in [-0.4, -0.2) is 48.2 Å². The predicted molar refractivity (Wildman–Crippen MR) is 70.4 cm³/mol. The van der Waals surface area contributed by atoms with Gasteiger partial charge in [0.05, 0.1) is 19.3 Å². The molecule has 0 radical (unpaired) electrons. The summed E-state index contributed by atoms with van der Waals surface area (Å²) in [5, 5.41) is 21.1. The number of nitrogens with one attached hydrogen (secondary N) is 2. The number of carboxylic acids is 1. The summed E-state index contributed by atoms with van der Waals surface area (Å²) in [6, 6.07) is -0.337. The van der Waals surface area contributed by atoms with Gasteiger partial charge in [-0.05, 0) is 0 Å². The van der Waals surface area contributed by atoms with Gasteiger partial charge in [0, 0.05) is 26.0 Å². The molecule has 0 unspecified atom stereocenters. The van der Waals surface area contributed by atoms with Crippen molar-refractivity contribution in [2.75, 3.05) is 6.54 Å². The minimum atomic E-state index is -1.14. The average Bonchev–Trinajstić information content (AvgIpc) is 3.06. The second-order valence-electron chi connectivity index (χ2n) is 4.24. The largest absolute Gasteiger partial charge is 0.476 e. The molecule has 21 heavy (non-hydrogen) atoms. The standard InChI is InChI=1S/C11H15N7O3/c1-17-4-2-12-9(17)6-14-11(21)13-3-5-18-7-8(10(19)20)15-16-18/h2,4,7H,3,5-6H2,1H3,(H,19,20)(H2,13,14,21). The molecule has 0 aliphatic carbocycles. The maximum atomic E-state index is 11.6. The molecule has 2 rings (SSSR count). The third-order valence-electron chi connectivity index (χ3n) is 2.71. The van der Waals surface area contributed by atoms with Crippen LogP contribution < -0.4 is 10.6 Å². The Morgan fingerprint density at radius 1 is 1.38 bits per heavy atom. The number of urea groups is 1. The molecule has 3 N–H and O–H groups in total. The summed E-state index contributed by atoms with van der Waals surface area (Å²) in [5.41, 5.74) is -0.130. The summed E-state index contributed by atoms with van der Waals surface area (Å²) in [4.78, 5) is 26.2. The molecule has 0 saturated carbocycles. The molecule has 112 valence electrons. The number of hydrogen-bond donors (Lipinski definition) is 3. The van der Waals surface area contributed by atoms with Crippen molar-refractivity contribution in [3.8, 4) is 0 Å². The van der Waals surface area contributed by atoms with Crippen LogP contribution in [0.3, 0.4) is 0 Å². The second-order valence-corrected chi connectivity index (χ2v) is 4.24. The third-order valence-corrected chi connectivity index (χ3v) is 2.71. The minimum Gasteiger partial charge on any atom is -0.476 e. The molecular formula is C11H15N7O3.